The van der Waals surface area contributed by atoms with Crippen molar-refractivity contribution in [3.63, 3.8) is 0 Å². The van der Waals surface area contributed by atoms with Crippen molar-refractivity contribution in [2.45, 2.75) is 53.7 Å². The lowest BCUT2D eigenvalue weighted by molar-refractivity contribution is 0.0472. The van der Waals surface area contributed by atoms with Gasteiger partial charge in [-0.2, -0.15) is 5.10 Å². The van der Waals surface area contributed by atoms with Gasteiger partial charge >= 0.3 is 11.6 Å². The Bertz CT molecular complexity index is 1380. The van der Waals surface area contributed by atoms with Gasteiger partial charge in [-0.25, -0.2) is 9.59 Å². The number of aryl methyl sites for hydroxylation is 2. The van der Waals surface area contributed by atoms with Gasteiger partial charge in [0.1, 0.15) is 17.8 Å². The monoisotopic (exact) mass is 444 g/mol. The molecule has 6 nitrogen and oxygen atoms in total. The minimum absolute atomic E-state index is 0.0235. The predicted octanol–water partition coefficient (Wildman–Crippen LogP) is 5.44. The maximum Gasteiger partial charge on any atom is 0.342 e. The van der Waals surface area contributed by atoms with Crippen LogP contribution in [0.15, 0.2) is 57.7 Å². The Kier molecular flexibility index (Phi) is 6.18. The lowest BCUT2D eigenvalue weighted by Crippen LogP contribution is -2.11. The molecule has 0 atom stereocenters. The molecular formula is C27H28N2O4. The molecule has 4 aromatic rings. The van der Waals surface area contributed by atoms with Crippen molar-refractivity contribution in [3.05, 3.63) is 98.2 Å². The van der Waals surface area contributed by atoms with Crippen molar-refractivity contribution in [2.24, 2.45) is 0 Å². The third kappa shape index (κ3) is 4.60. The van der Waals surface area contributed by atoms with Gasteiger partial charge in [0, 0.05) is 17.0 Å². The second kappa shape index (κ2) is 9.06. The predicted molar refractivity (Wildman–Crippen MR) is 128 cm³/mol. The maximum absolute atomic E-state index is 13.0. The summed E-state index contributed by atoms with van der Waals surface area (Å²) in [5.74, 6) is -0.139. The van der Waals surface area contributed by atoms with Gasteiger partial charge in [-0.1, -0.05) is 44.2 Å². The Labute approximate surface area is 192 Å². The van der Waals surface area contributed by atoms with Gasteiger partial charge in [-0.05, 0) is 55.5 Å². The van der Waals surface area contributed by atoms with Crippen LogP contribution in [-0.4, -0.2) is 15.7 Å². The van der Waals surface area contributed by atoms with Crippen LogP contribution in [0.1, 0.15) is 63.8 Å². The zero-order valence-corrected chi connectivity index (χ0v) is 19.6. The topological polar surface area (TPSA) is 74.3 Å². The summed E-state index contributed by atoms with van der Waals surface area (Å²) in [6, 6.07) is 15.3. The lowest BCUT2D eigenvalue weighted by atomic mass is 9.95. The third-order valence-corrected chi connectivity index (χ3v) is 5.96. The molecule has 0 radical (unpaired) electrons. The zero-order chi connectivity index (χ0) is 23.7. The molecule has 170 valence electrons. The molecule has 0 aliphatic carbocycles. The minimum atomic E-state index is -0.465. The van der Waals surface area contributed by atoms with Gasteiger partial charge < -0.3 is 9.15 Å². The number of benzene rings is 2. The van der Waals surface area contributed by atoms with E-state index in [0.29, 0.717) is 34.9 Å². The van der Waals surface area contributed by atoms with Gasteiger partial charge in [0.25, 0.3) is 0 Å². The molecule has 0 saturated heterocycles. The molecule has 2 aromatic heterocycles. The van der Waals surface area contributed by atoms with E-state index in [1.165, 1.54) is 6.07 Å². The van der Waals surface area contributed by atoms with Crippen LogP contribution in [0.5, 0.6) is 0 Å². The average molecular weight is 445 g/mol. The molecule has 0 fully saturated rings. The van der Waals surface area contributed by atoms with Crippen LogP contribution in [0.2, 0.25) is 0 Å². The number of carbonyl (C=O) groups excluding carboxylic acids is 1. The largest absolute Gasteiger partial charge is 0.457 e. The molecule has 0 bridgehead atoms. The molecular weight excluding hydrogens is 416 g/mol. The molecule has 0 saturated carbocycles. The average Bonchev–Trinajstić information content (AvgIpc) is 3.04. The summed E-state index contributed by atoms with van der Waals surface area (Å²) in [6.07, 6.45) is 0. The Hall–Kier alpha value is -3.67. The van der Waals surface area contributed by atoms with E-state index < -0.39 is 11.6 Å². The molecule has 33 heavy (non-hydrogen) atoms. The highest BCUT2D eigenvalue weighted by atomic mass is 16.5. The summed E-state index contributed by atoms with van der Waals surface area (Å²) in [4.78, 5) is 25.1. The normalized spacial score (nSPS) is 11.3. The van der Waals surface area contributed by atoms with Crippen LogP contribution in [-0.2, 0) is 17.9 Å². The van der Waals surface area contributed by atoms with E-state index >= 15 is 0 Å². The SMILES string of the molecule is Cc1cc2oc(=O)cc(COC(=O)c3c(C)nn(Cc4ccccc4)c3C)c2cc1C(C)C. The van der Waals surface area contributed by atoms with Gasteiger partial charge in [0.15, 0.2) is 0 Å². The lowest BCUT2D eigenvalue weighted by Gasteiger charge is -2.13. The van der Waals surface area contributed by atoms with E-state index in [0.717, 1.165) is 27.8 Å². The van der Waals surface area contributed by atoms with Crippen LogP contribution in [0.3, 0.4) is 0 Å². The standard InChI is InChI=1S/C27H28N2O4/c1-16(2)22-13-23-21(12-25(30)33-24(23)11-17(22)3)15-32-27(31)26-18(4)28-29(19(26)5)14-20-9-7-6-8-10-20/h6-13,16H,14-15H2,1-5H3. The first-order valence-electron chi connectivity index (χ1n) is 11.1. The highest BCUT2D eigenvalue weighted by molar-refractivity contribution is 5.92. The number of hydrogen-bond donors (Lipinski definition) is 0. The molecule has 0 aliphatic rings. The maximum atomic E-state index is 13.0. The molecule has 2 heterocycles. The van der Waals surface area contributed by atoms with E-state index in [4.69, 9.17) is 9.15 Å². The zero-order valence-electron chi connectivity index (χ0n) is 19.6. The number of carbonyl (C=O) groups is 1. The highest BCUT2D eigenvalue weighted by Crippen LogP contribution is 2.27. The van der Waals surface area contributed by atoms with Crippen LogP contribution in [0.4, 0.5) is 0 Å². The van der Waals surface area contributed by atoms with E-state index in [1.807, 2.05) is 61.0 Å². The Morgan fingerprint density at radius 1 is 1.09 bits per heavy atom. The first kappa shape index (κ1) is 22.5. The summed E-state index contributed by atoms with van der Waals surface area (Å²) in [7, 11) is 0. The summed E-state index contributed by atoms with van der Waals surface area (Å²) >= 11 is 0. The van der Waals surface area contributed by atoms with Crippen molar-refractivity contribution >= 4 is 16.9 Å². The molecule has 0 spiro atoms. The van der Waals surface area contributed by atoms with Gasteiger partial charge in [0.05, 0.1) is 17.9 Å². The number of nitrogens with zero attached hydrogens (tertiary/aromatic N) is 2. The van der Waals surface area contributed by atoms with Crippen LogP contribution in [0, 0.1) is 20.8 Å². The molecule has 6 heteroatoms. The number of hydrogen-bond acceptors (Lipinski definition) is 5. The minimum Gasteiger partial charge on any atom is -0.457 e. The van der Waals surface area contributed by atoms with Crippen LogP contribution < -0.4 is 5.63 Å². The second-order valence-corrected chi connectivity index (χ2v) is 8.72. The third-order valence-electron chi connectivity index (χ3n) is 5.96. The first-order valence-corrected chi connectivity index (χ1v) is 11.1. The van der Waals surface area contributed by atoms with Gasteiger partial charge in [-0.3, -0.25) is 4.68 Å². The van der Waals surface area contributed by atoms with Crippen molar-refractivity contribution in [1.29, 1.82) is 0 Å². The van der Waals surface area contributed by atoms with Crippen LogP contribution >= 0.6 is 0 Å². The van der Waals surface area contributed by atoms with Crippen molar-refractivity contribution in [1.82, 2.24) is 9.78 Å². The number of ether oxygens (including phenoxy) is 1. The van der Waals surface area contributed by atoms with Crippen molar-refractivity contribution in [2.75, 3.05) is 0 Å². The molecule has 0 unspecified atom stereocenters. The van der Waals surface area contributed by atoms with E-state index in [1.54, 1.807) is 6.92 Å². The van der Waals surface area contributed by atoms with Crippen molar-refractivity contribution in [3.8, 4) is 0 Å². The first-order chi connectivity index (χ1) is 15.7. The number of esters is 1. The number of fused-ring (bicyclic) bond motifs is 1. The molecule has 0 aliphatic heterocycles. The quantitative estimate of drug-likeness (QED) is 0.292. The number of rotatable bonds is 6. The molecule has 0 N–H and O–H groups in total. The van der Waals surface area contributed by atoms with Gasteiger partial charge in [0.2, 0.25) is 0 Å². The van der Waals surface area contributed by atoms with Gasteiger partial charge in [-0.15, -0.1) is 0 Å². The summed E-state index contributed by atoms with van der Waals surface area (Å²) in [5.41, 5.74) is 5.80. The molecule has 2 aromatic carbocycles. The highest BCUT2D eigenvalue weighted by Gasteiger charge is 2.21. The summed E-state index contributed by atoms with van der Waals surface area (Å²) < 4.78 is 12.9. The van der Waals surface area contributed by atoms with E-state index in [-0.39, 0.29) is 6.61 Å². The van der Waals surface area contributed by atoms with Crippen molar-refractivity contribution < 1.29 is 13.9 Å². The van der Waals surface area contributed by atoms with E-state index in [9.17, 15) is 9.59 Å². The van der Waals surface area contributed by atoms with Crippen LogP contribution in [0.25, 0.3) is 11.0 Å². The Morgan fingerprint density at radius 2 is 1.82 bits per heavy atom. The smallest absolute Gasteiger partial charge is 0.342 e. The Morgan fingerprint density at radius 3 is 2.52 bits per heavy atom. The fourth-order valence-corrected chi connectivity index (χ4v) is 4.25. The second-order valence-electron chi connectivity index (χ2n) is 8.72. The molecule has 0 amide bonds. The van der Waals surface area contributed by atoms with E-state index in [2.05, 4.69) is 18.9 Å². The fourth-order valence-electron chi connectivity index (χ4n) is 4.25. The molecule has 4 rings (SSSR count). The fraction of sp³-hybridized carbons (Fsp3) is 0.296. The Balaban J connectivity index is 1.60. The summed E-state index contributed by atoms with van der Waals surface area (Å²) in [5, 5.41) is 5.32. The summed E-state index contributed by atoms with van der Waals surface area (Å²) in [6.45, 7) is 10.4. The number of aromatic nitrogens is 2.